The van der Waals surface area contributed by atoms with Crippen LogP contribution < -0.4 is 5.32 Å². The summed E-state index contributed by atoms with van der Waals surface area (Å²) >= 11 is 0. The number of benzene rings is 2. The molecular formula is C19H14F2N4O. The van der Waals surface area contributed by atoms with Crippen molar-refractivity contribution >= 4 is 33.4 Å². The molecule has 4 aromatic rings. The average Bonchev–Trinajstić information content (AvgIpc) is 3.05. The molecule has 0 radical (unpaired) electrons. The van der Waals surface area contributed by atoms with Crippen LogP contribution in [0.2, 0.25) is 0 Å². The molecule has 1 N–H and O–H groups in total. The maximum Gasteiger partial charge on any atom is 0.333 e. The molecule has 2 aromatic heterocycles. The normalized spacial score (nSPS) is 11.4. The van der Waals surface area contributed by atoms with E-state index in [4.69, 9.17) is 0 Å². The highest BCUT2D eigenvalue weighted by Gasteiger charge is 2.16. The van der Waals surface area contributed by atoms with Gasteiger partial charge in [0, 0.05) is 22.7 Å². The molecule has 2 aromatic carbocycles. The Hall–Kier alpha value is -3.35. The van der Waals surface area contributed by atoms with Gasteiger partial charge in [0.25, 0.3) is 5.91 Å². The van der Waals surface area contributed by atoms with E-state index in [-0.39, 0.29) is 5.91 Å². The molecule has 2 heterocycles. The van der Waals surface area contributed by atoms with Crippen molar-refractivity contribution in [1.82, 2.24) is 14.8 Å². The highest BCUT2D eigenvalue weighted by Crippen LogP contribution is 2.25. The van der Waals surface area contributed by atoms with Gasteiger partial charge in [-0.2, -0.15) is 13.9 Å². The van der Waals surface area contributed by atoms with Crippen LogP contribution in [0.15, 0.2) is 54.9 Å². The first-order valence-corrected chi connectivity index (χ1v) is 7.96. The molecule has 5 nitrogen and oxygen atoms in total. The number of pyridine rings is 1. The molecule has 0 aliphatic heterocycles. The number of aromatic nitrogens is 3. The number of alkyl halides is 2. The summed E-state index contributed by atoms with van der Waals surface area (Å²) in [7, 11) is 0. The van der Waals surface area contributed by atoms with Crippen LogP contribution in [0, 0.1) is 6.92 Å². The van der Waals surface area contributed by atoms with Crippen molar-refractivity contribution in [3.8, 4) is 0 Å². The molecule has 7 heteroatoms. The van der Waals surface area contributed by atoms with Crippen molar-refractivity contribution in [3.63, 3.8) is 0 Å². The highest BCUT2D eigenvalue weighted by molar-refractivity contribution is 6.13. The Kier molecular flexibility index (Phi) is 3.84. The van der Waals surface area contributed by atoms with E-state index >= 15 is 0 Å². The van der Waals surface area contributed by atoms with Crippen molar-refractivity contribution in [3.05, 3.63) is 66.0 Å². The third-order valence-corrected chi connectivity index (χ3v) is 4.25. The Morgan fingerprint density at radius 2 is 2.00 bits per heavy atom. The molecule has 0 fully saturated rings. The minimum atomic E-state index is -2.71. The number of carbonyl (C=O) groups is 1. The summed E-state index contributed by atoms with van der Waals surface area (Å²) in [5, 5.41) is 7.89. The molecule has 0 saturated carbocycles. The zero-order chi connectivity index (χ0) is 18.3. The minimum Gasteiger partial charge on any atom is -0.322 e. The quantitative estimate of drug-likeness (QED) is 0.589. The molecule has 0 atom stereocenters. The van der Waals surface area contributed by atoms with Crippen LogP contribution in [0.4, 0.5) is 14.5 Å². The lowest BCUT2D eigenvalue weighted by Gasteiger charge is -2.10. The van der Waals surface area contributed by atoms with E-state index in [9.17, 15) is 13.6 Å². The van der Waals surface area contributed by atoms with Gasteiger partial charge in [0.2, 0.25) is 0 Å². The van der Waals surface area contributed by atoms with E-state index in [2.05, 4.69) is 15.4 Å². The number of nitrogens with zero attached hydrogens (tertiary/aromatic N) is 3. The van der Waals surface area contributed by atoms with Gasteiger partial charge in [-0.05, 0) is 36.8 Å². The largest absolute Gasteiger partial charge is 0.333 e. The number of hydrogen-bond acceptors (Lipinski definition) is 3. The van der Waals surface area contributed by atoms with Gasteiger partial charge in [0.05, 0.1) is 22.8 Å². The number of halogens is 2. The van der Waals surface area contributed by atoms with Crippen LogP contribution in [0.5, 0.6) is 0 Å². The van der Waals surface area contributed by atoms with E-state index in [1.165, 1.54) is 12.3 Å². The number of nitrogens with one attached hydrogen (secondary N) is 1. The van der Waals surface area contributed by atoms with E-state index in [1.54, 1.807) is 18.3 Å². The van der Waals surface area contributed by atoms with Gasteiger partial charge in [-0.1, -0.05) is 18.2 Å². The minimum absolute atomic E-state index is 0.299. The molecule has 0 unspecified atom stereocenters. The van der Waals surface area contributed by atoms with Gasteiger partial charge in [0.15, 0.2) is 0 Å². The Bertz CT molecular complexity index is 1140. The lowest BCUT2D eigenvalue weighted by atomic mass is 10.0. The fourth-order valence-electron chi connectivity index (χ4n) is 3.01. The summed E-state index contributed by atoms with van der Waals surface area (Å²) in [6, 6.07) is 12.2. The first kappa shape index (κ1) is 16.1. The van der Waals surface area contributed by atoms with Crippen LogP contribution in [0.3, 0.4) is 0 Å². The second-order valence-electron chi connectivity index (χ2n) is 5.93. The third kappa shape index (κ3) is 2.67. The number of hydrogen-bond donors (Lipinski definition) is 1. The molecule has 1 amide bonds. The summed E-state index contributed by atoms with van der Waals surface area (Å²) < 4.78 is 26.4. The lowest BCUT2D eigenvalue weighted by molar-refractivity contribution is 0.0615. The number of amides is 1. The smallest absolute Gasteiger partial charge is 0.322 e. The molecule has 0 saturated heterocycles. The Morgan fingerprint density at radius 3 is 2.81 bits per heavy atom. The number of carbonyl (C=O) groups excluding carboxylic acids is 1. The predicted molar refractivity (Wildman–Crippen MR) is 95.4 cm³/mol. The Labute approximate surface area is 147 Å². The van der Waals surface area contributed by atoms with Crippen molar-refractivity contribution in [2.45, 2.75) is 13.5 Å². The second kappa shape index (κ2) is 6.18. The molecule has 0 bridgehead atoms. The van der Waals surface area contributed by atoms with Crippen molar-refractivity contribution in [1.29, 1.82) is 0 Å². The van der Waals surface area contributed by atoms with Crippen LogP contribution in [-0.2, 0) is 0 Å². The van der Waals surface area contributed by atoms with Gasteiger partial charge in [-0.15, -0.1) is 0 Å². The molecule has 26 heavy (non-hydrogen) atoms. The fourth-order valence-corrected chi connectivity index (χ4v) is 3.01. The number of anilines is 1. The number of aryl methyl sites for hydroxylation is 1. The average molecular weight is 352 g/mol. The molecule has 130 valence electrons. The first-order valence-electron chi connectivity index (χ1n) is 7.96. The van der Waals surface area contributed by atoms with Crippen molar-refractivity contribution in [2.75, 3.05) is 5.32 Å². The summed E-state index contributed by atoms with van der Waals surface area (Å²) in [5.41, 5.74) is 2.73. The Morgan fingerprint density at radius 1 is 1.15 bits per heavy atom. The maximum absolute atomic E-state index is 12.9. The summed E-state index contributed by atoms with van der Waals surface area (Å²) in [6.45, 7) is -0.865. The van der Waals surface area contributed by atoms with E-state index < -0.39 is 6.55 Å². The topological polar surface area (TPSA) is 59.8 Å². The van der Waals surface area contributed by atoms with E-state index in [0.717, 1.165) is 10.9 Å². The van der Waals surface area contributed by atoms with E-state index in [0.29, 0.717) is 32.4 Å². The molecule has 0 aliphatic carbocycles. The summed E-state index contributed by atoms with van der Waals surface area (Å²) in [5.74, 6) is -0.299. The zero-order valence-corrected chi connectivity index (χ0v) is 13.8. The summed E-state index contributed by atoms with van der Waals surface area (Å²) in [4.78, 5) is 17.1. The predicted octanol–water partition coefficient (Wildman–Crippen LogP) is 4.54. The van der Waals surface area contributed by atoms with Gasteiger partial charge in [-0.25, -0.2) is 4.68 Å². The van der Waals surface area contributed by atoms with Crippen LogP contribution in [0.1, 0.15) is 22.5 Å². The van der Waals surface area contributed by atoms with Crippen molar-refractivity contribution in [2.24, 2.45) is 0 Å². The summed E-state index contributed by atoms with van der Waals surface area (Å²) in [6.07, 6.45) is 2.99. The molecule has 0 aliphatic rings. The lowest BCUT2D eigenvalue weighted by Crippen LogP contribution is -2.14. The Balaban J connectivity index is 1.71. The number of fused-ring (bicyclic) bond motifs is 2. The SMILES string of the molecule is Cc1ccc2cccnc2c1C(=O)Nc1ccc2c(cnn2C(F)F)c1. The molecule has 4 rings (SSSR count). The van der Waals surface area contributed by atoms with Gasteiger partial charge >= 0.3 is 6.55 Å². The molecule has 0 spiro atoms. The van der Waals surface area contributed by atoms with Crippen LogP contribution >= 0.6 is 0 Å². The standard InChI is InChI=1S/C19H14F2N4O/c1-11-4-5-12-3-2-8-22-17(12)16(11)18(26)24-14-6-7-15-13(9-14)10-23-25(15)19(20)21/h2-10,19H,1H3,(H,24,26). The van der Waals surface area contributed by atoms with Crippen LogP contribution in [-0.4, -0.2) is 20.7 Å². The fraction of sp³-hybridized carbons (Fsp3) is 0.105. The maximum atomic E-state index is 12.9. The van der Waals surface area contributed by atoms with Crippen molar-refractivity contribution < 1.29 is 13.6 Å². The van der Waals surface area contributed by atoms with Gasteiger partial charge in [-0.3, -0.25) is 9.78 Å². The molecular weight excluding hydrogens is 338 g/mol. The number of rotatable bonds is 3. The monoisotopic (exact) mass is 352 g/mol. The van der Waals surface area contributed by atoms with Crippen LogP contribution in [0.25, 0.3) is 21.8 Å². The highest BCUT2D eigenvalue weighted by atomic mass is 19.3. The third-order valence-electron chi connectivity index (χ3n) is 4.25. The van der Waals surface area contributed by atoms with E-state index in [1.807, 2.05) is 31.2 Å². The van der Waals surface area contributed by atoms with Gasteiger partial charge in [0.1, 0.15) is 0 Å². The zero-order valence-electron chi connectivity index (χ0n) is 13.8. The first-order chi connectivity index (χ1) is 12.5. The van der Waals surface area contributed by atoms with Gasteiger partial charge < -0.3 is 5.32 Å². The second-order valence-corrected chi connectivity index (χ2v) is 5.93.